The summed E-state index contributed by atoms with van der Waals surface area (Å²) < 4.78 is 4.82. The Balaban J connectivity index is 1.92. The molecule has 0 aliphatic carbocycles. The van der Waals surface area contributed by atoms with Crippen LogP contribution in [0, 0.1) is 12.3 Å². The van der Waals surface area contributed by atoms with Crippen molar-refractivity contribution in [3.05, 3.63) is 71.9 Å². The van der Waals surface area contributed by atoms with E-state index in [0.717, 1.165) is 0 Å². The molecule has 0 aliphatic rings. The van der Waals surface area contributed by atoms with Gasteiger partial charge in [-0.15, -0.1) is 6.42 Å². The molecule has 7 heteroatoms. The second-order valence-electron chi connectivity index (χ2n) is 5.95. The lowest BCUT2D eigenvalue weighted by atomic mass is 9.99. The summed E-state index contributed by atoms with van der Waals surface area (Å²) in [5, 5.41) is 2.73. The van der Waals surface area contributed by atoms with Gasteiger partial charge in [0, 0.05) is 41.2 Å². The number of pyridine rings is 1. The quantitative estimate of drug-likeness (QED) is 0.508. The number of benzene rings is 1. The van der Waals surface area contributed by atoms with Crippen LogP contribution in [0.1, 0.15) is 21.6 Å². The Hall–Kier alpha value is -3.92. The Kier molecular flexibility index (Phi) is 5.82. The van der Waals surface area contributed by atoms with Crippen LogP contribution in [0.2, 0.25) is 0 Å². The molecule has 0 bridgehead atoms. The topological polar surface area (TPSA) is 97.0 Å². The van der Waals surface area contributed by atoms with E-state index in [1.54, 1.807) is 42.7 Å². The van der Waals surface area contributed by atoms with Crippen LogP contribution in [-0.4, -0.2) is 40.0 Å². The van der Waals surface area contributed by atoms with E-state index in [4.69, 9.17) is 11.2 Å². The van der Waals surface area contributed by atoms with Crippen molar-refractivity contribution < 1.29 is 14.3 Å². The molecule has 0 saturated carbocycles. The number of aromatic nitrogens is 3. The number of imidazole rings is 1. The number of nitrogens with one attached hydrogen (secondary N) is 2. The summed E-state index contributed by atoms with van der Waals surface area (Å²) in [4.78, 5) is 36.3. The van der Waals surface area contributed by atoms with E-state index in [9.17, 15) is 9.59 Å². The maximum Gasteiger partial charge on any atom is 0.328 e. The number of methoxy groups -OCH3 is 1. The van der Waals surface area contributed by atoms with Gasteiger partial charge in [0.2, 0.25) is 0 Å². The SMILES string of the molecule is C#Cc1ccc(C(=O)N[C@H](Cc2cnc[nH]2)C(=O)OC)c(-c2ccccn2)c1. The molecule has 1 aromatic carbocycles. The summed E-state index contributed by atoms with van der Waals surface area (Å²) in [5.41, 5.74) is 2.87. The van der Waals surface area contributed by atoms with E-state index in [0.29, 0.717) is 28.1 Å². The average molecular weight is 374 g/mol. The van der Waals surface area contributed by atoms with Crippen LogP contribution in [0.5, 0.6) is 0 Å². The number of hydrogen-bond acceptors (Lipinski definition) is 5. The van der Waals surface area contributed by atoms with E-state index >= 15 is 0 Å². The smallest absolute Gasteiger partial charge is 0.328 e. The zero-order chi connectivity index (χ0) is 19.9. The second-order valence-corrected chi connectivity index (χ2v) is 5.95. The molecule has 140 valence electrons. The van der Waals surface area contributed by atoms with E-state index < -0.39 is 17.9 Å². The number of H-pyrrole nitrogens is 1. The van der Waals surface area contributed by atoms with Gasteiger partial charge in [-0.3, -0.25) is 9.78 Å². The number of terminal acetylenes is 1. The fourth-order valence-corrected chi connectivity index (χ4v) is 2.75. The lowest BCUT2D eigenvalue weighted by molar-refractivity contribution is -0.142. The molecule has 0 spiro atoms. The molecule has 2 aromatic heterocycles. The van der Waals surface area contributed by atoms with Crippen molar-refractivity contribution in [3.8, 4) is 23.6 Å². The number of ether oxygens (including phenoxy) is 1. The van der Waals surface area contributed by atoms with E-state index in [1.165, 1.54) is 13.4 Å². The van der Waals surface area contributed by atoms with Gasteiger partial charge in [-0.1, -0.05) is 12.0 Å². The lowest BCUT2D eigenvalue weighted by Crippen LogP contribution is -2.43. The van der Waals surface area contributed by atoms with Crippen molar-refractivity contribution in [2.45, 2.75) is 12.5 Å². The van der Waals surface area contributed by atoms with Crippen molar-refractivity contribution in [2.75, 3.05) is 7.11 Å². The highest BCUT2D eigenvalue weighted by molar-refractivity contribution is 6.02. The van der Waals surface area contributed by atoms with Gasteiger partial charge in [0.05, 0.1) is 19.1 Å². The number of rotatable bonds is 6. The number of esters is 1. The predicted octanol–water partition coefficient (Wildman–Crippen LogP) is 1.97. The predicted molar refractivity (Wildman–Crippen MR) is 103 cm³/mol. The van der Waals surface area contributed by atoms with Crippen LogP contribution in [0.25, 0.3) is 11.3 Å². The molecule has 2 heterocycles. The number of amides is 1. The third-order valence-electron chi connectivity index (χ3n) is 4.14. The fourth-order valence-electron chi connectivity index (χ4n) is 2.75. The van der Waals surface area contributed by atoms with Crippen molar-refractivity contribution in [1.29, 1.82) is 0 Å². The molecule has 1 atom stereocenters. The Bertz CT molecular complexity index is 1010. The second kappa shape index (κ2) is 8.64. The summed E-state index contributed by atoms with van der Waals surface area (Å²) in [6.45, 7) is 0. The van der Waals surface area contributed by atoms with Crippen molar-refractivity contribution in [1.82, 2.24) is 20.3 Å². The van der Waals surface area contributed by atoms with Gasteiger partial charge in [-0.25, -0.2) is 9.78 Å². The normalized spacial score (nSPS) is 11.3. The highest BCUT2D eigenvalue weighted by Crippen LogP contribution is 2.23. The van der Waals surface area contributed by atoms with Crippen LogP contribution >= 0.6 is 0 Å². The zero-order valence-corrected chi connectivity index (χ0v) is 15.2. The van der Waals surface area contributed by atoms with Crippen LogP contribution in [0.15, 0.2) is 55.1 Å². The third kappa shape index (κ3) is 4.24. The first-order valence-corrected chi connectivity index (χ1v) is 8.50. The molecule has 2 N–H and O–H groups in total. The Morgan fingerprint density at radius 1 is 1.32 bits per heavy atom. The van der Waals surface area contributed by atoms with Gasteiger partial charge < -0.3 is 15.0 Å². The highest BCUT2D eigenvalue weighted by Gasteiger charge is 2.24. The Morgan fingerprint density at radius 3 is 2.82 bits per heavy atom. The third-order valence-corrected chi connectivity index (χ3v) is 4.14. The first kappa shape index (κ1) is 18.9. The lowest BCUT2D eigenvalue weighted by Gasteiger charge is -2.17. The van der Waals surface area contributed by atoms with Crippen LogP contribution < -0.4 is 5.32 Å². The van der Waals surface area contributed by atoms with Crippen molar-refractivity contribution in [3.63, 3.8) is 0 Å². The summed E-state index contributed by atoms with van der Waals surface area (Å²) in [7, 11) is 1.27. The number of carbonyl (C=O) groups excluding carboxylic acids is 2. The van der Waals surface area contributed by atoms with Crippen molar-refractivity contribution >= 4 is 11.9 Å². The summed E-state index contributed by atoms with van der Waals surface area (Å²) >= 11 is 0. The van der Waals surface area contributed by atoms with Gasteiger partial charge in [0.25, 0.3) is 5.91 Å². The first-order chi connectivity index (χ1) is 13.6. The summed E-state index contributed by atoms with van der Waals surface area (Å²) in [5.74, 6) is 1.57. The molecule has 0 aliphatic heterocycles. The first-order valence-electron chi connectivity index (χ1n) is 8.50. The summed E-state index contributed by atoms with van der Waals surface area (Å²) in [6, 6.07) is 9.53. The minimum Gasteiger partial charge on any atom is -0.467 e. The Labute approximate surface area is 162 Å². The van der Waals surface area contributed by atoms with E-state index in [-0.39, 0.29) is 6.42 Å². The van der Waals surface area contributed by atoms with E-state index in [2.05, 4.69) is 26.2 Å². The number of carbonyl (C=O) groups is 2. The van der Waals surface area contributed by atoms with Gasteiger partial charge in [-0.2, -0.15) is 0 Å². The molecule has 3 rings (SSSR count). The van der Waals surface area contributed by atoms with Crippen LogP contribution in [0.3, 0.4) is 0 Å². The fraction of sp³-hybridized carbons (Fsp3) is 0.143. The standard InChI is InChI=1S/C21H18N4O3/c1-3-14-7-8-16(17(10-14)18-6-4-5-9-23-18)20(26)25-19(21(27)28-2)11-15-12-22-13-24-15/h1,4-10,12-13,19H,11H2,2H3,(H,22,24)(H,25,26)/t19-/m1/s1. The minimum atomic E-state index is -0.873. The molecular weight excluding hydrogens is 356 g/mol. The molecule has 0 unspecified atom stereocenters. The zero-order valence-electron chi connectivity index (χ0n) is 15.2. The van der Waals surface area contributed by atoms with Gasteiger partial charge in [0.1, 0.15) is 6.04 Å². The van der Waals surface area contributed by atoms with E-state index in [1.807, 2.05) is 6.07 Å². The molecule has 1 amide bonds. The number of nitrogens with zero attached hydrogens (tertiary/aromatic N) is 2. The molecule has 0 radical (unpaired) electrons. The largest absolute Gasteiger partial charge is 0.467 e. The number of aromatic amines is 1. The van der Waals surface area contributed by atoms with Gasteiger partial charge in [0.15, 0.2) is 0 Å². The molecule has 3 aromatic rings. The maximum absolute atomic E-state index is 13.0. The van der Waals surface area contributed by atoms with Crippen LogP contribution in [0.4, 0.5) is 0 Å². The summed E-state index contributed by atoms with van der Waals surface area (Å²) in [6.07, 6.45) is 10.4. The van der Waals surface area contributed by atoms with Crippen molar-refractivity contribution in [2.24, 2.45) is 0 Å². The van der Waals surface area contributed by atoms with Gasteiger partial charge in [-0.05, 0) is 30.3 Å². The highest BCUT2D eigenvalue weighted by atomic mass is 16.5. The Morgan fingerprint density at radius 2 is 2.18 bits per heavy atom. The maximum atomic E-state index is 13.0. The average Bonchev–Trinajstić information content (AvgIpc) is 3.26. The molecule has 0 saturated heterocycles. The molecule has 7 nitrogen and oxygen atoms in total. The number of hydrogen-bond donors (Lipinski definition) is 2. The molecule has 28 heavy (non-hydrogen) atoms. The molecular formula is C21H18N4O3. The molecule has 0 fully saturated rings. The van der Waals surface area contributed by atoms with Gasteiger partial charge >= 0.3 is 5.97 Å². The minimum absolute atomic E-state index is 0.222. The van der Waals surface area contributed by atoms with Crippen LogP contribution in [-0.2, 0) is 16.0 Å². The monoisotopic (exact) mass is 374 g/mol.